The number of phenols is 1. The summed E-state index contributed by atoms with van der Waals surface area (Å²) in [6, 6.07) is 11.8. The van der Waals surface area contributed by atoms with E-state index < -0.39 is 0 Å². The second-order valence-electron chi connectivity index (χ2n) is 6.31. The van der Waals surface area contributed by atoms with E-state index in [9.17, 15) is 5.11 Å². The first-order valence-electron chi connectivity index (χ1n) is 8.03. The second kappa shape index (κ2) is 5.52. The normalized spacial score (nSPS) is 17.8. The number of hydrogen-bond acceptors (Lipinski definition) is 4. The molecule has 4 heteroatoms. The van der Waals surface area contributed by atoms with Gasteiger partial charge in [-0.3, -0.25) is 4.99 Å². The molecule has 1 aliphatic carbocycles. The number of aromatic hydroxyl groups is 1. The fraction of sp³-hybridized carbons (Fsp3) is 0.389. The molecule has 2 N–H and O–H groups in total. The predicted octanol–water partition coefficient (Wildman–Crippen LogP) is 2.72. The van der Waals surface area contributed by atoms with Crippen LogP contribution in [0.2, 0.25) is 0 Å². The van der Waals surface area contributed by atoms with Crippen molar-refractivity contribution in [3.8, 4) is 5.75 Å². The number of guanidine groups is 1. The lowest BCUT2D eigenvalue weighted by Gasteiger charge is -2.21. The van der Waals surface area contributed by atoms with Gasteiger partial charge in [0.25, 0.3) is 0 Å². The number of hydrogen-bond donors (Lipinski definition) is 2. The number of aliphatic imine (C=N–C) groups is 1. The summed E-state index contributed by atoms with van der Waals surface area (Å²) in [7, 11) is 0. The Morgan fingerprint density at radius 1 is 1.14 bits per heavy atom. The van der Waals surface area contributed by atoms with Crippen LogP contribution in [0, 0.1) is 5.92 Å². The number of fused-ring (bicyclic) bond motifs is 1. The highest BCUT2D eigenvalue weighted by atomic mass is 16.3. The highest BCUT2D eigenvalue weighted by Crippen LogP contribution is 2.30. The molecule has 1 heterocycles. The SMILES string of the molecule is Oc1ccc2cc(CNC3=NCCN3CC3CC3)ccc2c1. The van der Waals surface area contributed by atoms with Gasteiger partial charge in [-0.05, 0) is 53.3 Å². The smallest absolute Gasteiger partial charge is 0.194 e. The zero-order valence-electron chi connectivity index (χ0n) is 12.6. The van der Waals surface area contributed by atoms with Gasteiger partial charge in [0, 0.05) is 19.6 Å². The molecular weight excluding hydrogens is 274 g/mol. The number of nitrogens with one attached hydrogen (secondary N) is 1. The average molecular weight is 295 g/mol. The van der Waals surface area contributed by atoms with Crippen molar-refractivity contribution in [1.82, 2.24) is 10.2 Å². The van der Waals surface area contributed by atoms with E-state index in [0.29, 0.717) is 5.75 Å². The third kappa shape index (κ3) is 2.86. The van der Waals surface area contributed by atoms with Crippen LogP contribution in [0.25, 0.3) is 10.8 Å². The minimum atomic E-state index is 0.314. The molecule has 0 aromatic heterocycles. The molecule has 2 aromatic rings. The molecule has 114 valence electrons. The van der Waals surface area contributed by atoms with Gasteiger partial charge < -0.3 is 15.3 Å². The van der Waals surface area contributed by atoms with E-state index in [1.165, 1.54) is 18.4 Å². The van der Waals surface area contributed by atoms with Gasteiger partial charge in [0.2, 0.25) is 0 Å². The Morgan fingerprint density at radius 2 is 1.95 bits per heavy atom. The Balaban J connectivity index is 1.43. The molecule has 4 rings (SSSR count). The summed E-state index contributed by atoms with van der Waals surface area (Å²) in [6.07, 6.45) is 2.75. The third-order valence-corrected chi connectivity index (χ3v) is 4.45. The predicted molar refractivity (Wildman–Crippen MR) is 89.1 cm³/mol. The van der Waals surface area contributed by atoms with Gasteiger partial charge >= 0.3 is 0 Å². The van der Waals surface area contributed by atoms with Crippen molar-refractivity contribution in [2.24, 2.45) is 10.9 Å². The fourth-order valence-corrected chi connectivity index (χ4v) is 3.01. The molecule has 22 heavy (non-hydrogen) atoms. The van der Waals surface area contributed by atoms with Crippen molar-refractivity contribution in [2.45, 2.75) is 19.4 Å². The van der Waals surface area contributed by atoms with Crippen LogP contribution in [0.3, 0.4) is 0 Å². The van der Waals surface area contributed by atoms with E-state index in [1.54, 1.807) is 12.1 Å². The average Bonchev–Trinajstić information content (AvgIpc) is 3.23. The summed E-state index contributed by atoms with van der Waals surface area (Å²) in [5, 5.41) is 15.2. The lowest BCUT2D eigenvalue weighted by atomic mass is 10.1. The van der Waals surface area contributed by atoms with E-state index in [4.69, 9.17) is 0 Å². The Kier molecular flexibility index (Phi) is 3.37. The standard InChI is InChI=1S/C18H21N3O/c22-17-6-5-15-9-14(3-4-16(15)10-17)11-20-18-19-7-8-21(18)12-13-1-2-13/h3-6,9-10,13,22H,1-2,7-8,11-12H2,(H,19,20). The number of nitrogens with zero attached hydrogens (tertiary/aromatic N) is 2. The van der Waals surface area contributed by atoms with Crippen LogP contribution < -0.4 is 5.32 Å². The fourth-order valence-electron chi connectivity index (χ4n) is 3.01. The van der Waals surface area contributed by atoms with Gasteiger partial charge in [-0.2, -0.15) is 0 Å². The van der Waals surface area contributed by atoms with Crippen molar-refractivity contribution in [1.29, 1.82) is 0 Å². The molecular formula is C18H21N3O. The Hall–Kier alpha value is -2.23. The largest absolute Gasteiger partial charge is 0.508 e. The van der Waals surface area contributed by atoms with Gasteiger partial charge in [0.15, 0.2) is 5.96 Å². The summed E-state index contributed by atoms with van der Waals surface area (Å²) < 4.78 is 0. The van der Waals surface area contributed by atoms with Crippen molar-refractivity contribution in [3.63, 3.8) is 0 Å². The van der Waals surface area contributed by atoms with Crippen molar-refractivity contribution in [2.75, 3.05) is 19.6 Å². The first kappa shape index (κ1) is 13.4. The van der Waals surface area contributed by atoms with E-state index in [1.807, 2.05) is 6.07 Å². The van der Waals surface area contributed by atoms with E-state index in [-0.39, 0.29) is 0 Å². The molecule has 0 atom stereocenters. The van der Waals surface area contributed by atoms with E-state index in [0.717, 1.165) is 48.8 Å². The molecule has 2 aromatic carbocycles. The third-order valence-electron chi connectivity index (χ3n) is 4.45. The molecule has 2 aliphatic rings. The summed E-state index contributed by atoms with van der Waals surface area (Å²) in [4.78, 5) is 6.97. The zero-order valence-corrected chi connectivity index (χ0v) is 12.6. The monoisotopic (exact) mass is 295 g/mol. The van der Waals surface area contributed by atoms with Crippen LogP contribution in [-0.4, -0.2) is 35.6 Å². The van der Waals surface area contributed by atoms with Crippen LogP contribution in [0.5, 0.6) is 5.75 Å². The van der Waals surface area contributed by atoms with E-state index in [2.05, 4.69) is 33.4 Å². The molecule has 0 bridgehead atoms. The van der Waals surface area contributed by atoms with Crippen LogP contribution in [0.1, 0.15) is 18.4 Å². The van der Waals surface area contributed by atoms with Gasteiger partial charge in [-0.1, -0.05) is 18.2 Å². The quantitative estimate of drug-likeness (QED) is 0.912. The lowest BCUT2D eigenvalue weighted by molar-refractivity contribution is 0.421. The number of phenolic OH excluding ortho intramolecular Hbond substituents is 1. The van der Waals surface area contributed by atoms with Crippen molar-refractivity contribution < 1.29 is 5.11 Å². The molecule has 0 radical (unpaired) electrons. The maximum Gasteiger partial charge on any atom is 0.194 e. The van der Waals surface area contributed by atoms with Gasteiger partial charge in [0.05, 0.1) is 6.54 Å². The molecule has 1 aliphatic heterocycles. The molecule has 0 amide bonds. The maximum atomic E-state index is 9.52. The highest BCUT2D eigenvalue weighted by molar-refractivity contribution is 5.85. The summed E-state index contributed by atoms with van der Waals surface area (Å²) >= 11 is 0. The van der Waals surface area contributed by atoms with Crippen molar-refractivity contribution >= 4 is 16.7 Å². The van der Waals surface area contributed by atoms with Crippen LogP contribution in [-0.2, 0) is 6.54 Å². The van der Waals surface area contributed by atoms with Crippen molar-refractivity contribution in [3.05, 3.63) is 42.0 Å². The molecule has 0 spiro atoms. The Morgan fingerprint density at radius 3 is 2.82 bits per heavy atom. The molecule has 1 saturated carbocycles. The topological polar surface area (TPSA) is 47.9 Å². The number of rotatable bonds is 4. The number of benzene rings is 2. The first-order valence-corrected chi connectivity index (χ1v) is 8.03. The first-order chi connectivity index (χ1) is 10.8. The van der Waals surface area contributed by atoms with E-state index >= 15 is 0 Å². The summed E-state index contributed by atoms with van der Waals surface area (Å²) in [5.74, 6) is 2.26. The molecule has 0 unspecified atom stereocenters. The van der Waals surface area contributed by atoms with Crippen LogP contribution >= 0.6 is 0 Å². The maximum absolute atomic E-state index is 9.52. The van der Waals surface area contributed by atoms with Gasteiger partial charge in [-0.25, -0.2) is 0 Å². The van der Waals surface area contributed by atoms with Gasteiger partial charge in [-0.15, -0.1) is 0 Å². The highest BCUT2D eigenvalue weighted by Gasteiger charge is 2.27. The minimum Gasteiger partial charge on any atom is -0.508 e. The Labute approximate surface area is 130 Å². The van der Waals surface area contributed by atoms with Crippen LogP contribution in [0.15, 0.2) is 41.4 Å². The second-order valence-corrected chi connectivity index (χ2v) is 6.31. The Bertz CT molecular complexity index is 721. The summed E-state index contributed by atoms with van der Waals surface area (Å²) in [6.45, 7) is 3.90. The lowest BCUT2D eigenvalue weighted by Crippen LogP contribution is -2.39. The molecule has 1 fully saturated rings. The molecule has 0 saturated heterocycles. The molecule has 4 nitrogen and oxygen atoms in total. The zero-order chi connectivity index (χ0) is 14.9. The minimum absolute atomic E-state index is 0.314. The van der Waals surface area contributed by atoms with Crippen LogP contribution in [0.4, 0.5) is 0 Å². The summed E-state index contributed by atoms with van der Waals surface area (Å²) in [5.41, 5.74) is 1.24. The van der Waals surface area contributed by atoms with Gasteiger partial charge in [0.1, 0.15) is 5.75 Å².